The van der Waals surface area contributed by atoms with Crippen molar-refractivity contribution < 1.29 is 13.6 Å². The zero-order valence-electron chi connectivity index (χ0n) is 15.7. The van der Waals surface area contributed by atoms with Crippen molar-refractivity contribution in [2.45, 2.75) is 38.0 Å². The molecular formula is C20H23N3O3S. The van der Waals surface area contributed by atoms with Crippen molar-refractivity contribution in [1.82, 2.24) is 15.1 Å². The van der Waals surface area contributed by atoms with Crippen LogP contribution in [0.5, 0.6) is 0 Å². The Balaban J connectivity index is 1.48. The third-order valence-corrected chi connectivity index (χ3v) is 5.03. The number of nitrogens with zero attached hydrogens (tertiary/aromatic N) is 3. The van der Waals surface area contributed by atoms with Crippen LogP contribution in [-0.4, -0.2) is 33.8 Å². The summed E-state index contributed by atoms with van der Waals surface area (Å²) in [5, 5.41) is 8.55. The van der Waals surface area contributed by atoms with Gasteiger partial charge in [-0.2, -0.15) is 0 Å². The summed E-state index contributed by atoms with van der Waals surface area (Å²) in [7, 11) is 1.75. The number of furan rings is 1. The van der Waals surface area contributed by atoms with E-state index in [0.29, 0.717) is 24.1 Å². The first kappa shape index (κ1) is 19.2. The molecule has 0 aliphatic rings. The van der Waals surface area contributed by atoms with Gasteiger partial charge in [-0.3, -0.25) is 4.79 Å². The summed E-state index contributed by atoms with van der Waals surface area (Å²) in [6.45, 7) is 4.45. The molecule has 0 bridgehead atoms. The van der Waals surface area contributed by atoms with Gasteiger partial charge in [0.15, 0.2) is 0 Å². The molecule has 1 unspecified atom stereocenters. The van der Waals surface area contributed by atoms with Crippen LogP contribution in [0.3, 0.4) is 0 Å². The van der Waals surface area contributed by atoms with Gasteiger partial charge in [0.25, 0.3) is 5.22 Å². The first-order chi connectivity index (χ1) is 13.0. The first-order valence-corrected chi connectivity index (χ1v) is 9.79. The van der Waals surface area contributed by atoms with Gasteiger partial charge in [-0.15, -0.1) is 10.2 Å². The number of amides is 1. The summed E-state index contributed by atoms with van der Waals surface area (Å²) in [4.78, 5) is 13.9. The minimum Gasteiger partial charge on any atom is -0.464 e. The summed E-state index contributed by atoms with van der Waals surface area (Å²) < 4.78 is 11.2. The van der Waals surface area contributed by atoms with Crippen LogP contribution >= 0.6 is 11.8 Å². The molecule has 142 valence electrons. The van der Waals surface area contributed by atoms with E-state index in [9.17, 15) is 4.79 Å². The molecule has 6 nitrogen and oxygen atoms in total. The number of rotatable bonds is 8. The van der Waals surface area contributed by atoms with E-state index in [1.54, 1.807) is 11.9 Å². The highest BCUT2D eigenvalue weighted by Crippen LogP contribution is 2.22. The zero-order valence-corrected chi connectivity index (χ0v) is 16.5. The maximum absolute atomic E-state index is 12.3. The standard InChI is InChI=1S/C20H23N3O3S/c1-14(16-7-5-4-6-8-16)11-18-21-22-20(26-18)27-13-19(24)23(3)12-17-10-9-15(2)25-17/h4-10,14H,11-13H2,1-3H3. The predicted molar refractivity (Wildman–Crippen MR) is 104 cm³/mol. The number of hydrogen-bond acceptors (Lipinski definition) is 6. The normalized spacial score (nSPS) is 12.1. The average Bonchev–Trinajstić information content (AvgIpc) is 3.29. The van der Waals surface area contributed by atoms with Crippen LogP contribution in [-0.2, 0) is 17.8 Å². The van der Waals surface area contributed by atoms with E-state index in [1.165, 1.54) is 17.3 Å². The van der Waals surface area contributed by atoms with Crippen LogP contribution in [0, 0.1) is 6.92 Å². The SMILES string of the molecule is Cc1ccc(CN(C)C(=O)CSc2nnc(CC(C)c3ccccc3)o2)o1. The highest BCUT2D eigenvalue weighted by molar-refractivity contribution is 7.99. The van der Waals surface area contributed by atoms with Gasteiger partial charge in [-0.1, -0.05) is 49.0 Å². The van der Waals surface area contributed by atoms with E-state index in [1.807, 2.05) is 37.3 Å². The molecule has 0 radical (unpaired) electrons. The maximum Gasteiger partial charge on any atom is 0.277 e. The molecule has 3 aromatic rings. The van der Waals surface area contributed by atoms with E-state index >= 15 is 0 Å². The topological polar surface area (TPSA) is 72.4 Å². The smallest absolute Gasteiger partial charge is 0.277 e. The lowest BCUT2D eigenvalue weighted by molar-refractivity contribution is -0.127. The Hall–Kier alpha value is -2.54. The highest BCUT2D eigenvalue weighted by atomic mass is 32.2. The Morgan fingerprint density at radius 1 is 1.15 bits per heavy atom. The fourth-order valence-electron chi connectivity index (χ4n) is 2.67. The van der Waals surface area contributed by atoms with Gasteiger partial charge < -0.3 is 13.7 Å². The van der Waals surface area contributed by atoms with Crippen molar-refractivity contribution >= 4 is 17.7 Å². The van der Waals surface area contributed by atoms with E-state index in [0.717, 1.165) is 11.5 Å². The van der Waals surface area contributed by atoms with Crippen LogP contribution in [0.1, 0.15) is 35.8 Å². The number of hydrogen-bond donors (Lipinski definition) is 0. The van der Waals surface area contributed by atoms with Crippen molar-refractivity contribution in [2.75, 3.05) is 12.8 Å². The predicted octanol–water partition coefficient (Wildman–Crippen LogP) is 4.07. The minimum absolute atomic E-state index is 0.0218. The lowest BCUT2D eigenvalue weighted by Crippen LogP contribution is -2.27. The van der Waals surface area contributed by atoms with Crippen molar-refractivity contribution in [2.24, 2.45) is 0 Å². The second kappa shape index (κ2) is 8.90. The molecule has 0 saturated carbocycles. The summed E-state index contributed by atoms with van der Waals surface area (Å²) in [6, 6.07) is 14.0. The maximum atomic E-state index is 12.3. The number of aryl methyl sites for hydroxylation is 1. The van der Waals surface area contributed by atoms with Crippen molar-refractivity contribution in [3.05, 3.63) is 65.4 Å². The molecule has 27 heavy (non-hydrogen) atoms. The molecule has 3 rings (SSSR count). The average molecular weight is 385 g/mol. The van der Waals surface area contributed by atoms with Crippen LogP contribution in [0.2, 0.25) is 0 Å². The van der Waals surface area contributed by atoms with Crippen molar-refractivity contribution in [1.29, 1.82) is 0 Å². The van der Waals surface area contributed by atoms with E-state index < -0.39 is 0 Å². The molecule has 0 fully saturated rings. The third kappa shape index (κ3) is 5.47. The van der Waals surface area contributed by atoms with E-state index in [4.69, 9.17) is 8.83 Å². The molecule has 0 N–H and O–H groups in total. The fourth-order valence-corrected chi connectivity index (χ4v) is 3.39. The van der Waals surface area contributed by atoms with E-state index in [-0.39, 0.29) is 17.6 Å². The molecule has 0 aliphatic carbocycles. The van der Waals surface area contributed by atoms with Crippen molar-refractivity contribution in [3.63, 3.8) is 0 Å². The fraction of sp³-hybridized carbons (Fsp3) is 0.350. The second-order valence-corrected chi connectivity index (χ2v) is 7.45. The van der Waals surface area contributed by atoms with Gasteiger partial charge in [0.1, 0.15) is 11.5 Å². The lowest BCUT2D eigenvalue weighted by atomic mass is 9.98. The first-order valence-electron chi connectivity index (χ1n) is 8.80. The summed E-state index contributed by atoms with van der Waals surface area (Å²) in [6.07, 6.45) is 0.670. The molecule has 0 saturated heterocycles. The Morgan fingerprint density at radius 2 is 1.93 bits per heavy atom. The molecule has 1 amide bonds. The molecule has 1 aromatic carbocycles. The zero-order chi connectivity index (χ0) is 19.2. The number of carbonyl (C=O) groups is 1. The van der Waals surface area contributed by atoms with Crippen LogP contribution in [0.25, 0.3) is 0 Å². The Kier molecular flexibility index (Phi) is 6.34. The number of thioether (sulfide) groups is 1. The largest absolute Gasteiger partial charge is 0.464 e. The van der Waals surface area contributed by atoms with Crippen LogP contribution in [0.15, 0.2) is 56.5 Å². The molecule has 0 spiro atoms. The minimum atomic E-state index is -0.0218. The van der Waals surface area contributed by atoms with Gasteiger partial charge in [0.05, 0.1) is 12.3 Å². The van der Waals surface area contributed by atoms with Crippen molar-refractivity contribution in [3.8, 4) is 0 Å². The molecule has 2 aromatic heterocycles. The highest BCUT2D eigenvalue weighted by Gasteiger charge is 2.16. The van der Waals surface area contributed by atoms with Crippen LogP contribution in [0.4, 0.5) is 0 Å². The number of aromatic nitrogens is 2. The lowest BCUT2D eigenvalue weighted by Gasteiger charge is -2.14. The quantitative estimate of drug-likeness (QED) is 0.544. The molecule has 7 heteroatoms. The molecular weight excluding hydrogens is 362 g/mol. The third-order valence-electron chi connectivity index (χ3n) is 4.23. The van der Waals surface area contributed by atoms with Crippen LogP contribution < -0.4 is 0 Å². The Morgan fingerprint density at radius 3 is 2.63 bits per heavy atom. The van der Waals surface area contributed by atoms with Gasteiger partial charge >= 0.3 is 0 Å². The number of benzene rings is 1. The van der Waals surface area contributed by atoms with Gasteiger partial charge in [-0.25, -0.2) is 0 Å². The summed E-state index contributed by atoms with van der Waals surface area (Å²) >= 11 is 1.25. The summed E-state index contributed by atoms with van der Waals surface area (Å²) in [5.41, 5.74) is 1.23. The summed E-state index contributed by atoms with van der Waals surface area (Å²) in [5.74, 6) is 2.69. The van der Waals surface area contributed by atoms with E-state index in [2.05, 4.69) is 29.3 Å². The number of carbonyl (C=O) groups excluding carboxylic acids is 1. The monoisotopic (exact) mass is 385 g/mol. The Labute approximate surface area is 163 Å². The molecule has 1 atom stereocenters. The van der Waals surface area contributed by atoms with Gasteiger partial charge in [-0.05, 0) is 30.5 Å². The second-order valence-electron chi connectivity index (χ2n) is 6.53. The molecule has 2 heterocycles. The van der Waals surface area contributed by atoms with Gasteiger partial charge in [0, 0.05) is 13.5 Å². The Bertz CT molecular complexity index is 875. The van der Waals surface area contributed by atoms with Gasteiger partial charge in [0.2, 0.25) is 11.8 Å². The molecule has 0 aliphatic heterocycles.